The van der Waals surface area contributed by atoms with Gasteiger partial charge in [0, 0.05) is 18.0 Å². The number of benzene rings is 1. The smallest absolute Gasteiger partial charge is 0.320 e. The summed E-state index contributed by atoms with van der Waals surface area (Å²) in [7, 11) is 0. The van der Waals surface area contributed by atoms with E-state index in [2.05, 4.69) is 4.98 Å². The SMILES string of the molecule is CCc1cc(OCc2c(Cl)cncc2Cl)ccc1C[C@H](N)C(=O)O. The number of halogens is 2. The van der Waals surface area contributed by atoms with Crippen LogP contribution < -0.4 is 10.5 Å². The average molecular weight is 369 g/mol. The second-order valence-electron chi connectivity index (χ2n) is 5.30. The number of ether oxygens (including phenoxy) is 1. The fourth-order valence-electron chi connectivity index (χ4n) is 2.28. The van der Waals surface area contributed by atoms with Gasteiger partial charge in [0.05, 0.1) is 10.0 Å². The molecule has 0 amide bonds. The summed E-state index contributed by atoms with van der Waals surface area (Å²) in [4.78, 5) is 14.8. The van der Waals surface area contributed by atoms with Gasteiger partial charge in [0.25, 0.3) is 0 Å². The Morgan fingerprint density at radius 1 is 1.29 bits per heavy atom. The summed E-state index contributed by atoms with van der Waals surface area (Å²) in [5, 5.41) is 9.84. The van der Waals surface area contributed by atoms with Gasteiger partial charge in [-0.2, -0.15) is 0 Å². The molecule has 1 atom stereocenters. The number of hydrogen-bond acceptors (Lipinski definition) is 4. The van der Waals surface area contributed by atoms with Crippen molar-refractivity contribution in [1.82, 2.24) is 4.98 Å². The Hall–Kier alpha value is -1.82. The number of rotatable bonds is 7. The molecule has 0 spiro atoms. The topological polar surface area (TPSA) is 85.4 Å². The maximum Gasteiger partial charge on any atom is 0.320 e. The fraction of sp³-hybridized carbons (Fsp3) is 0.294. The predicted octanol–water partition coefficient (Wildman–Crippen LogP) is 3.48. The number of aryl methyl sites for hydroxylation is 1. The van der Waals surface area contributed by atoms with Crippen LogP contribution in [0, 0.1) is 0 Å². The third-order valence-corrected chi connectivity index (χ3v) is 4.30. The van der Waals surface area contributed by atoms with Crippen LogP contribution in [0.15, 0.2) is 30.6 Å². The minimum Gasteiger partial charge on any atom is -0.489 e. The van der Waals surface area contributed by atoms with Gasteiger partial charge < -0.3 is 15.6 Å². The van der Waals surface area contributed by atoms with Crippen molar-refractivity contribution in [2.75, 3.05) is 0 Å². The van der Waals surface area contributed by atoms with Crippen LogP contribution in [0.4, 0.5) is 0 Å². The Balaban J connectivity index is 2.13. The minimum atomic E-state index is -1.01. The maximum atomic E-state index is 10.9. The fourth-order valence-corrected chi connectivity index (χ4v) is 2.75. The zero-order chi connectivity index (χ0) is 17.7. The van der Waals surface area contributed by atoms with Gasteiger partial charge in [-0.3, -0.25) is 9.78 Å². The predicted molar refractivity (Wildman–Crippen MR) is 93.7 cm³/mol. The summed E-state index contributed by atoms with van der Waals surface area (Å²) in [6.45, 7) is 2.21. The number of hydrogen-bond donors (Lipinski definition) is 2. The van der Waals surface area contributed by atoms with E-state index in [-0.39, 0.29) is 13.0 Å². The maximum absolute atomic E-state index is 10.9. The van der Waals surface area contributed by atoms with Gasteiger partial charge in [-0.1, -0.05) is 36.2 Å². The normalized spacial score (nSPS) is 12.0. The van der Waals surface area contributed by atoms with Gasteiger partial charge in [0.1, 0.15) is 18.4 Å². The lowest BCUT2D eigenvalue weighted by Crippen LogP contribution is -2.32. The summed E-state index contributed by atoms with van der Waals surface area (Å²) < 4.78 is 5.76. The molecule has 0 aliphatic heterocycles. The lowest BCUT2D eigenvalue weighted by Gasteiger charge is -2.14. The van der Waals surface area contributed by atoms with Gasteiger partial charge in [0.15, 0.2) is 0 Å². The van der Waals surface area contributed by atoms with Crippen molar-refractivity contribution in [1.29, 1.82) is 0 Å². The molecule has 0 saturated heterocycles. The quantitative estimate of drug-likeness (QED) is 0.781. The Labute approximate surface area is 150 Å². The molecule has 1 aromatic carbocycles. The monoisotopic (exact) mass is 368 g/mol. The molecule has 0 radical (unpaired) electrons. The number of nitrogens with zero attached hydrogens (tertiary/aromatic N) is 1. The van der Waals surface area contributed by atoms with Crippen molar-refractivity contribution >= 4 is 29.2 Å². The Bertz CT molecular complexity index is 718. The molecular weight excluding hydrogens is 351 g/mol. The molecule has 0 aliphatic rings. The second-order valence-corrected chi connectivity index (χ2v) is 6.12. The molecule has 0 fully saturated rings. The molecule has 0 unspecified atom stereocenters. The van der Waals surface area contributed by atoms with Crippen molar-refractivity contribution in [3.05, 3.63) is 57.3 Å². The van der Waals surface area contributed by atoms with Crippen LogP contribution in [0.5, 0.6) is 5.75 Å². The number of aliphatic carboxylic acids is 1. The van der Waals surface area contributed by atoms with Crippen molar-refractivity contribution in [3.8, 4) is 5.75 Å². The Morgan fingerprint density at radius 2 is 1.96 bits per heavy atom. The molecule has 7 heteroatoms. The van der Waals surface area contributed by atoms with E-state index < -0.39 is 12.0 Å². The highest BCUT2D eigenvalue weighted by molar-refractivity contribution is 6.35. The van der Waals surface area contributed by atoms with Crippen LogP contribution in [0.1, 0.15) is 23.6 Å². The van der Waals surface area contributed by atoms with E-state index in [1.54, 1.807) is 6.07 Å². The van der Waals surface area contributed by atoms with E-state index in [9.17, 15) is 4.79 Å². The molecule has 1 aromatic heterocycles. The highest BCUT2D eigenvalue weighted by Crippen LogP contribution is 2.26. The Morgan fingerprint density at radius 3 is 2.54 bits per heavy atom. The number of carbonyl (C=O) groups is 1. The zero-order valence-electron chi connectivity index (χ0n) is 13.1. The average Bonchev–Trinajstić information content (AvgIpc) is 2.55. The standard InChI is InChI=1S/C17H18Cl2N2O3/c1-2-10-5-12(4-3-11(10)6-16(20)17(22)23)24-9-13-14(18)7-21-8-15(13)19/h3-5,7-8,16H,2,6,9,20H2,1H3,(H,22,23)/t16-/m0/s1. The van der Waals surface area contributed by atoms with E-state index in [4.69, 9.17) is 38.8 Å². The second kappa shape index (κ2) is 8.33. The summed E-state index contributed by atoms with van der Waals surface area (Å²) in [5.74, 6) is -0.359. The van der Waals surface area contributed by atoms with Crippen molar-refractivity contribution < 1.29 is 14.6 Å². The number of pyridine rings is 1. The molecule has 2 rings (SSSR count). The van der Waals surface area contributed by atoms with Crippen molar-refractivity contribution in [2.24, 2.45) is 5.73 Å². The summed E-state index contributed by atoms with van der Waals surface area (Å²) >= 11 is 12.1. The molecule has 3 N–H and O–H groups in total. The van der Waals surface area contributed by atoms with Gasteiger partial charge in [-0.15, -0.1) is 0 Å². The van der Waals surface area contributed by atoms with E-state index in [0.29, 0.717) is 21.4 Å². The van der Waals surface area contributed by atoms with E-state index in [0.717, 1.165) is 17.5 Å². The van der Waals surface area contributed by atoms with Crippen LogP contribution in [-0.2, 0) is 24.2 Å². The number of nitrogens with two attached hydrogens (primary N) is 1. The van der Waals surface area contributed by atoms with E-state index in [1.165, 1.54) is 12.4 Å². The number of carboxylic acids is 1. The first-order valence-corrected chi connectivity index (χ1v) is 8.18. The molecule has 0 saturated carbocycles. The highest BCUT2D eigenvalue weighted by atomic mass is 35.5. The lowest BCUT2D eigenvalue weighted by atomic mass is 9.98. The van der Waals surface area contributed by atoms with E-state index in [1.807, 2.05) is 19.1 Å². The molecule has 2 aromatic rings. The van der Waals surface area contributed by atoms with Gasteiger partial charge >= 0.3 is 5.97 Å². The third-order valence-electron chi connectivity index (χ3n) is 3.65. The van der Waals surface area contributed by atoms with Crippen LogP contribution in [0.3, 0.4) is 0 Å². The first-order chi connectivity index (χ1) is 11.4. The molecule has 24 heavy (non-hydrogen) atoms. The molecule has 5 nitrogen and oxygen atoms in total. The first-order valence-electron chi connectivity index (χ1n) is 7.43. The number of aromatic nitrogens is 1. The van der Waals surface area contributed by atoms with Crippen molar-refractivity contribution in [2.45, 2.75) is 32.4 Å². The van der Waals surface area contributed by atoms with Gasteiger partial charge in [-0.25, -0.2) is 0 Å². The zero-order valence-corrected chi connectivity index (χ0v) is 14.6. The van der Waals surface area contributed by atoms with Crippen LogP contribution in [0.25, 0.3) is 0 Å². The highest BCUT2D eigenvalue weighted by Gasteiger charge is 2.15. The van der Waals surface area contributed by atoms with Gasteiger partial charge in [-0.05, 0) is 36.1 Å². The Kier molecular flexibility index (Phi) is 6.43. The largest absolute Gasteiger partial charge is 0.489 e. The first kappa shape index (κ1) is 18.5. The van der Waals surface area contributed by atoms with Gasteiger partial charge in [0.2, 0.25) is 0 Å². The van der Waals surface area contributed by atoms with Crippen LogP contribution >= 0.6 is 23.2 Å². The lowest BCUT2D eigenvalue weighted by molar-refractivity contribution is -0.138. The summed E-state index contributed by atoms with van der Waals surface area (Å²) in [6.07, 6.45) is 4.05. The minimum absolute atomic E-state index is 0.220. The third kappa shape index (κ3) is 4.60. The number of carboxylic acid groups (broad SMARTS) is 1. The molecular formula is C17H18Cl2N2O3. The molecule has 0 aliphatic carbocycles. The molecule has 128 valence electrons. The molecule has 0 bridgehead atoms. The summed E-state index contributed by atoms with van der Waals surface area (Å²) in [6, 6.07) is 4.59. The molecule has 1 heterocycles. The van der Waals surface area contributed by atoms with Crippen LogP contribution in [-0.4, -0.2) is 22.1 Å². The van der Waals surface area contributed by atoms with E-state index >= 15 is 0 Å². The van der Waals surface area contributed by atoms with Crippen LogP contribution in [0.2, 0.25) is 10.0 Å². The summed E-state index contributed by atoms with van der Waals surface area (Å²) in [5.41, 5.74) is 8.18. The van der Waals surface area contributed by atoms with Crippen molar-refractivity contribution in [3.63, 3.8) is 0 Å².